The summed E-state index contributed by atoms with van der Waals surface area (Å²) in [6.45, 7) is 1.87. The first-order valence-corrected chi connectivity index (χ1v) is 4.02. The van der Waals surface area contributed by atoms with Gasteiger partial charge in [-0.1, -0.05) is 12.1 Å². The number of carboxylic acids is 1. The highest BCUT2D eigenvalue weighted by Crippen LogP contribution is 2.12. The molecule has 0 spiro atoms. The van der Waals surface area contributed by atoms with E-state index in [0.29, 0.717) is 11.0 Å². The zero-order valence-corrected chi connectivity index (χ0v) is 7.43. The van der Waals surface area contributed by atoms with Crippen molar-refractivity contribution in [2.75, 3.05) is 0 Å². The number of nitrogens with zero attached hydrogens (tertiary/aromatic N) is 3. The van der Waals surface area contributed by atoms with Gasteiger partial charge in [0.1, 0.15) is 5.52 Å². The molecule has 70 valence electrons. The number of rotatable bonds is 1. The summed E-state index contributed by atoms with van der Waals surface area (Å²) in [5.41, 5.74) is 2.12. The summed E-state index contributed by atoms with van der Waals surface area (Å²) < 4.78 is 0. The maximum absolute atomic E-state index is 10.6. The van der Waals surface area contributed by atoms with Gasteiger partial charge in [0.2, 0.25) is 0 Å². The van der Waals surface area contributed by atoms with Crippen LogP contribution in [0.3, 0.4) is 0 Å². The zero-order chi connectivity index (χ0) is 10.1. The van der Waals surface area contributed by atoms with E-state index in [2.05, 4.69) is 15.2 Å². The van der Waals surface area contributed by atoms with Crippen LogP contribution < -0.4 is 0 Å². The monoisotopic (exact) mass is 189 g/mol. The zero-order valence-electron chi connectivity index (χ0n) is 7.43. The Morgan fingerprint density at radius 2 is 2.14 bits per heavy atom. The van der Waals surface area contributed by atoms with E-state index in [0.717, 1.165) is 5.56 Å². The van der Waals surface area contributed by atoms with E-state index < -0.39 is 5.97 Å². The van der Waals surface area contributed by atoms with E-state index in [1.54, 1.807) is 12.1 Å². The minimum Gasteiger partial charge on any atom is -0.475 e. The van der Waals surface area contributed by atoms with Crippen molar-refractivity contribution in [2.45, 2.75) is 6.92 Å². The molecule has 0 radical (unpaired) electrons. The van der Waals surface area contributed by atoms with Gasteiger partial charge in [0.05, 0.1) is 5.52 Å². The van der Waals surface area contributed by atoms with Crippen LogP contribution in [0.25, 0.3) is 11.0 Å². The molecule has 0 aliphatic rings. The van der Waals surface area contributed by atoms with Crippen LogP contribution in [0.15, 0.2) is 18.2 Å². The number of aryl methyl sites for hydroxylation is 1. The first kappa shape index (κ1) is 8.55. The number of hydrogen-bond acceptors (Lipinski definition) is 4. The van der Waals surface area contributed by atoms with Crippen molar-refractivity contribution in [3.8, 4) is 0 Å². The Morgan fingerprint density at radius 3 is 2.86 bits per heavy atom. The fourth-order valence-corrected chi connectivity index (χ4v) is 1.19. The first-order valence-electron chi connectivity index (χ1n) is 4.02. The third-order valence-electron chi connectivity index (χ3n) is 1.88. The molecule has 5 heteroatoms. The normalized spacial score (nSPS) is 10.4. The van der Waals surface area contributed by atoms with Crippen LogP contribution >= 0.6 is 0 Å². The Morgan fingerprint density at radius 1 is 1.36 bits per heavy atom. The van der Waals surface area contributed by atoms with E-state index >= 15 is 0 Å². The molecule has 0 fully saturated rings. The predicted molar refractivity (Wildman–Crippen MR) is 49.0 cm³/mol. The molecule has 0 aliphatic heterocycles. The minimum atomic E-state index is -1.17. The number of fused-ring (bicyclic) bond motifs is 1. The second-order valence-corrected chi connectivity index (χ2v) is 2.88. The van der Waals surface area contributed by atoms with E-state index in [4.69, 9.17) is 5.11 Å². The molecule has 0 amide bonds. The summed E-state index contributed by atoms with van der Waals surface area (Å²) in [5, 5.41) is 16.0. The molecule has 2 rings (SSSR count). The average Bonchev–Trinajstić information content (AvgIpc) is 2.17. The Hall–Kier alpha value is -2.04. The summed E-state index contributed by atoms with van der Waals surface area (Å²) in [7, 11) is 0. The Balaban J connectivity index is 2.73. The molecule has 1 heterocycles. The van der Waals surface area contributed by atoms with Gasteiger partial charge < -0.3 is 5.11 Å². The van der Waals surface area contributed by atoms with Gasteiger partial charge in [-0.3, -0.25) is 0 Å². The van der Waals surface area contributed by atoms with Crippen molar-refractivity contribution in [1.82, 2.24) is 15.2 Å². The Kier molecular flexibility index (Phi) is 1.85. The summed E-state index contributed by atoms with van der Waals surface area (Å²) in [6.07, 6.45) is 0. The van der Waals surface area contributed by atoms with E-state index in [-0.39, 0.29) is 5.82 Å². The van der Waals surface area contributed by atoms with E-state index in [1.807, 2.05) is 13.0 Å². The highest BCUT2D eigenvalue weighted by Gasteiger charge is 2.09. The predicted octanol–water partition coefficient (Wildman–Crippen LogP) is 1.03. The third kappa shape index (κ3) is 1.28. The molecule has 0 bridgehead atoms. The van der Waals surface area contributed by atoms with Crippen molar-refractivity contribution < 1.29 is 9.90 Å². The summed E-state index contributed by atoms with van der Waals surface area (Å²) in [6, 6.07) is 5.39. The van der Waals surface area contributed by atoms with Crippen LogP contribution in [-0.4, -0.2) is 26.3 Å². The summed E-state index contributed by atoms with van der Waals surface area (Å²) in [5.74, 6) is -1.44. The molecule has 0 saturated carbocycles. The molecule has 14 heavy (non-hydrogen) atoms. The fourth-order valence-electron chi connectivity index (χ4n) is 1.19. The third-order valence-corrected chi connectivity index (χ3v) is 1.88. The molecular weight excluding hydrogens is 182 g/mol. The van der Waals surface area contributed by atoms with Crippen molar-refractivity contribution in [3.05, 3.63) is 29.6 Å². The van der Waals surface area contributed by atoms with Gasteiger partial charge in [0, 0.05) is 0 Å². The van der Waals surface area contributed by atoms with Crippen molar-refractivity contribution in [3.63, 3.8) is 0 Å². The van der Waals surface area contributed by atoms with Gasteiger partial charge in [0.15, 0.2) is 0 Å². The van der Waals surface area contributed by atoms with Crippen LogP contribution in [0.5, 0.6) is 0 Å². The smallest absolute Gasteiger partial charge is 0.375 e. The maximum atomic E-state index is 10.6. The highest BCUT2D eigenvalue weighted by molar-refractivity contribution is 5.86. The second kappa shape index (κ2) is 3.02. The Bertz CT molecular complexity index is 510. The van der Waals surface area contributed by atoms with Gasteiger partial charge in [-0.2, -0.15) is 0 Å². The van der Waals surface area contributed by atoms with Crippen LogP contribution in [0.2, 0.25) is 0 Å². The molecule has 2 aromatic rings. The lowest BCUT2D eigenvalue weighted by molar-refractivity contribution is 0.0682. The molecular formula is C9H7N3O2. The van der Waals surface area contributed by atoms with Gasteiger partial charge in [-0.05, 0) is 18.6 Å². The molecule has 0 aliphatic carbocycles. The van der Waals surface area contributed by atoms with Gasteiger partial charge in [-0.15, -0.1) is 10.2 Å². The van der Waals surface area contributed by atoms with E-state index in [1.165, 1.54) is 0 Å². The largest absolute Gasteiger partial charge is 0.475 e. The maximum Gasteiger partial charge on any atom is 0.375 e. The molecule has 0 saturated heterocycles. The van der Waals surface area contributed by atoms with Crippen LogP contribution in [0.1, 0.15) is 16.2 Å². The van der Waals surface area contributed by atoms with Crippen molar-refractivity contribution >= 4 is 17.0 Å². The Labute approximate surface area is 79.4 Å². The molecule has 1 aromatic heterocycles. The first-order chi connectivity index (χ1) is 6.68. The summed E-state index contributed by atoms with van der Waals surface area (Å²) >= 11 is 0. The van der Waals surface area contributed by atoms with Crippen molar-refractivity contribution in [1.29, 1.82) is 0 Å². The van der Waals surface area contributed by atoms with Gasteiger partial charge in [0.25, 0.3) is 5.82 Å². The van der Waals surface area contributed by atoms with E-state index in [9.17, 15) is 4.79 Å². The lowest BCUT2D eigenvalue weighted by Gasteiger charge is -1.99. The highest BCUT2D eigenvalue weighted by atomic mass is 16.4. The molecule has 5 nitrogen and oxygen atoms in total. The van der Waals surface area contributed by atoms with Crippen LogP contribution in [-0.2, 0) is 0 Å². The minimum absolute atomic E-state index is 0.275. The van der Waals surface area contributed by atoms with Gasteiger partial charge >= 0.3 is 5.97 Å². The topological polar surface area (TPSA) is 76.0 Å². The number of aromatic carboxylic acids is 1. The number of aromatic nitrogens is 3. The number of carboxylic acid groups (broad SMARTS) is 1. The lowest BCUT2D eigenvalue weighted by atomic mass is 10.2. The second-order valence-electron chi connectivity index (χ2n) is 2.88. The average molecular weight is 189 g/mol. The van der Waals surface area contributed by atoms with Crippen molar-refractivity contribution in [2.24, 2.45) is 0 Å². The molecule has 1 aromatic carbocycles. The standard InChI is InChI=1S/C9H7N3O2/c1-5-3-2-4-6-7(5)11-12-8(10-6)9(13)14/h2-4H,1H3,(H,13,14). The number of carbonyl (C=O) groups is 1. The van der Waals surface area contributed by atoms with Gasteiger partial charge in [-0.25, -0.2) is 9.78 Å². The lowest BCUT2D eigenvalue weighted by Crippen LogP contribution is -2.06. The SMILES string of the molecule is Cc1cccc2nc(C(=O)O)nnc12. The van der Waals surface area contributed by atoms with Crippen LogP contribution in [0, 0.1) is 6.92 Å². The quantitative estimate of drug-likeness (QED) is 0.725. The number of benzene rings is 1. The molecule has 0 atom stereocenters. The molecule has 1 N–H and O–H groups in total. The summed E-state index contributed by atoms with van der Waals surface area (Å²) in [4.78, 5) is 14.4. The molecule has 0 unspecified atom stereocenters. The van der Waals surface area contributed by atoms with Crippen LogP contribution in [0.4, 0.5) is 0 Å². The fraction of sp³-hybridized carbons (Fsp3) is 0.111. The number of hydrogen-bond donors (Lipinski definition) is 1.